The lowest BCUT2D eigenvalue weighted by molar-refractivity contribution is -0.148. The number of likely N-dealkylation sites (tertiary alicyclic amines) is 1. The van der Waals surface area contributed by atoms with Crippen LogP contribution in [-0.2, 0) is 16.0 Å². The van der Waals surface area contributed by atoms with Gasteiger partial charge in [-0.15, -0.1) is 11.3 Å². The quantitative estimate of drug-likeness (QED) is 0.922. The Balaban J connectivity index is 1.89. The molecule has 2 rings (SSSR count). The van der Waals surface area contributed by atoms with Crippen molar-refractivity contribution in [3.05, 3.63) is 20.8 Å². The van der Waals surface area contributed by atoms with Crippen LogP contribution in [0.2, 0.25) is 0 Å². The third kappa shape index (κ3) is 3.11. The highest BCUT2D eigenvalue weighted by molar-refractivity contribution is 9.10. The molecule has 1 amide bonds. The zero-order valence-electron chi connectivity index (χ0n) is 9.76. The number of carboxylic acids is 1. The number of carbonyl (C=O) groups excluding carboxylic acids is 1. The average Bonchev–Trinajstić information content (AvgIpc) is 2.94. The third-order valence-electron chi connectivity index (χ3n) is 3.07. The van der Waals surface area contributed by atoms with Crippen LogP contribution in [0.3, 0.4) is 0 Å². The highest BCUT2D eigenvalue weighted by Gasteiger charge is 2.33. The van der Waals surface area contributed by atoms with Crippen molar-refractivity contribution < 1.29 is 14.7 Å². The maximum Gasteiger partial charge on any atom is 0.326 e. The number of halogens is 1. The summed E-state index contributed by atoms with van der Waals surface area (Å²) < 4.78 is 1.03. The zero-order chi connectivity index (χ0) is 13.1. The average molecular weight is 332 g/mol. The summed E-state index contributed by atoms with van der Waals surface area (Å²) in [5, 5.41) is 11.0. The van der Waals surface area contributed by atoms with Crippen molar-refractivity contribution in [3.8, 4) is 0 Å². The fourth-order valence-corrected chi connectivity index (χ4v) is 3.64. The summed E-state index contributed by atoms with van der Waals surface area (Å²) in [4.78, 5) is 25.6. The normalized spacial score (nSPS) is 19.2. The molecule has 1 aliphatic heterocycles. The summed E-state index contributed by atoms with van der Waals surface area (Å²) in [5.74, 6) is -0.941. The van der Waals surface area contributed by atoms with Crippen LogP contribution in [0, 0.1) is 0 Å². The molecule has 0 unspecified atom stereocenters. The first kappa shape index (κ1) is 13.5. The van der Waals surface area contributed by atoms with E-state index in [1.165, 1.54) is 4.90 Å². The van der Waals surface area contributed by atoms with E-state index in [-0.39, 0.29) is 5.91 Å². The Morgan fingerprint density at radius 1 is 1.56 bits per heavy atom. The molecule has 0 radical (unpaired) electrons. The topological polar surface area (TPSA) is 57.6 Å². The van der Waals surface area contributed by atoms with Gasteiger partial charge in [0.1, 0.15) is 6.04 Å². The van der Waals surface area contributed by atoms with Crippen molar-refractivity contribution in [2.45, 2.75) is 31.7 Å². The molecule has 0 aliphatic carbocycles. The maximum absolute atomic E-state index is 12.0. The van der Waals surface area contributed by atoms with E-state index < -0.39 is 12.0 Å². The third-order valence-corrected chi connectivity index (χ3v) is 4.82. The number of aryl methyl sites for hydroxylation is 1. The lowest BCUT2D eigenvalue weighted by Crippen LogP contribution is -2.40. The van der Waals surface area contributed by atoms with E-state index in [0.717, 1.165) is 15.8 Å². The van der Waals surface area contributed by atoms with Crippen molar-refractivity contribution in [2.24, 2.45) is 0 Å². The van der Waals surface area contributed by atoms with Crippen LogP contribution in [-0.4, -0.2) is 34.5 Å². The van der Waals surface area contributed by atoms with Crippen LogP contribution in [0.4, 0.5) is 0 Å². The van der Waals surface area contributed by atoms with E-state index in [1.54, 1.807) is 11.3 Å². The smallest absolute Gasteiger partial charge is 0.326 e. The molecule has 1 saturated heterocycles. The van der Waals surface area contributed by atoms with Crippen LogP contribution in [0.15, 0.2) is 15.9 Å². The maximum atomic E-state index is 12.0. The second-order valence-corrected chi connectivity index (χ2v) is 6.23. The number of carboxylic acid groups (broad SMARTS) is 1. The number of thiophene rings is 1. The fraction of sp³-hybridized carbons (Fsp3) is 0.500. The Labute approximate surface area is 118 Å². The first-order valence-corrected chi connectivity index (χ1v) is 7.50. The van der Waals surface area contributed by atoms with Gasteiger partial charge >= 0.3 is 5.97 Å². The predicted octanol–water partition coefficient (Wildman–Crippen LogP) is 2.52. The second-order valence-electron chi connectivity index (χ2n) is 4.31. The number of rotatable bonds is 4. The molecule has 0 saturated carbocycles. The van der Waals surface area contributed by atoms with Crippen molar-refractivity contribution in [3.63, 3.8) is 0 Å². The molecule has 2 heterocycles. The Hall–Kier alpha value is -0.880. The lowest BCUT2D eigenvalue weighted by Gasteiger charge is -2.21. The SMILES string of the molecule is O=C(O)[C@H]1CCCN1C(=O)CCc1cc(Br)cs1. The molecular weight excluding hydrogens is 318 g/mol. The van der Waals surface area contributed by atoms with Crippen molar-refractivity contribution in [1.82, 2.24) is 4.90 Å². The Morgan fingerprint density at radius 2 is 2.33 bits per heavy atom. The Bertz CT molecular complexity index is 460. The van der Waals surface area contributed by atoms with E-state index in [0.29, 0.717) is 25.8 Å². The number of hydrogen-bond donors (Lipinski definition) is 1. The minimum atomic E-state index is -0.889. The van der Waals surface area contributed by atoms with Crippen LogP contribution in [0.5, 0.6) is 0 Å². The molecular formula is C12H14BrNO3S. The lowest BCUT2D eigenvalue weighted by atomic mass is 10.2. The number of nitrogens with zero attached hydrogens (tertiary/aromatic N) is 1. The molecule has 98 valence electrons. The molecule has 0 spiro atoms. The van der Waals surface area contributed by atoms with Gasteiger partial charge in [-0.2, -0.15) is 0 Å². The highest BCUT2D eigenvalue weighted by atomic mass is 79.9. The molecule has 1 aromatic heterocycles. The summed E-state index contributed by atoms with van der Waals surface area (Å²) in [6, 6.07) is 1.38. The van der Waals surface area contributed by atoms with Crippen LogP contribution in [0.1, 0.15) is 24.1 Å². The van der Waals surface area contributed by atoms with E-state index in [1.807, 2.05) is 11.4 Å². The van der Waals surface area contributed by atoms with Gasteiger partial charge in [-0.3, -0.25) is 4.79 Å². The van der Waals surface area contributed by atoms with E-state index in [4.69, 9.17) is 5.11 Å². The molecule has 1 N–H and O–H groups in total. The highest BCUT2D eigenvalue weighted by Crippen LogP contribution is 2.23. The van der Waals surface area contributed by atoms with E-state index >= 15 is 0 Å². The van der Waals surface area contributed by atoms with E-state index in [2.05, 4.69) is 15.9 Å². The molecule has 1 atom stereocenters. The van der Waals surface area contributed by atoms with Gasteiger partial charge in [0.05, 0.1) is 0 Å². The molecule has 0 aromatic carbocycles. The first-order chi connectivity index (χ1) is 8.58. The number of amides is 1. The monoisotopic (exact) mass is 331 g/mol. The Morgan fingerprint density at radius 3 is 2.94 bits per heavy atom. The van der Waals surface area contributed by atoms with Gasteiger partial charge in [-0.1, -0.05) is 0 Å². The number of carbonyl (C=O) groups is 2. The van der Waals surface area contributed by atoms with Gasteiger partial charge < -0.3 is 10.0 Å². The molecule has 6 heteroatoms. The second kappa shape index (κ2) is 5.84. The summed E-state index contributed by atoms with van der Waals surface area (Å²) in [6.07, 6.45) is 2.42. The van der Waals surface area contributed by atoms with Gasteiger partial charge in [0.15, 0.2) is 0 Å². The summed E-state index contributed by atoms with van der Waals surface area (Å²) in [6.45, 7) is 0.573. The minimum Gasteiger partial charge on any atom is -0.480 e. The Kier molecular flexibility index (Phi) is 4.40. The van der Waals surface area contributed by atoms with Gasteiger partial charge in [-0.05, 0) is 41.3 Å². The zero-order valence-corrected chi connectivity index (χ0v) is 12.2. The van der Waals surface area contributed by atoms with E-state index in [9.17, 15) is 9.59 Å². The van der Waals surface area contributed by atoms with Gasteiger partial charge in [0.2, 0.25) is 5.91 Å². The predicted molar refractivity (Wildman–Crippen MR) is 72.7 cm³/mol. The number of hydrogen-bond acceptors (Lipinski definition) is 3. The largest absolute Gasteiger partial charge is 0.480 e. The van der Waals surface area contributed by atoms with Crippen LogP contribution in [0.25, 0.3) is 0 Å². The summed E-state index contributed by atoms with van der Waals surface area (Å²) >= 11 is 4.98. The minimum absolute atomic E-state index is 0.0515. The van der Waals surface area contributed by atoms with Crippen molar-refractivity contribution in [2.75, 3.05) is 6.54 Å². The van der Waals surface area contributed by atoms with Crippen molar-refractivity contribution >= 4 is 39.1 Å². The van der Waals surface area contributed by atoms with Gasteiger partial charge in [0, 0.05) is 27.7 Å². The molecule has 1 aliphatic rings. The van der Waals surface area contributed by atoms with Crippen LogP contribution >= 0.6 is 27.3 Å². The standard InChI is InChI=1S/C12H14BrNO3S/c13-8-6-9(18-7-8)3-4-11(15)14-5-1-2-10(14)12(16)17/h6-7,10H,1-5H2,(H,16,17)/t10-/m1/s1. The first-order valence-electron chi connectivity index (χ1n) is 5.83. The van der Waals surface area contributed by atoms with Crippen molar-refractivity contribution in [1.29, 1.82) is 0 Å². The molecule has 1 aromatic rings. The van der Waals surface area contributed by atoms with Gasteiger partial charge in [-0.25, -0.2) is 4.79 Å². The molecule has 18 heavy (non-hydrogen) atoms. The number of aliphatic carboxylic acids is 1. The molecule has 4 nitrogen and oxygen atoms in total. The molecule has 0 bridgehead atoms. The summed E-state index contributed by atoms with van der Waals surface area (Å²) in [7, 11) is 0. The summed E-state index contributed by atoms with van der Waals surface area (Å²) in [5.41, 5.74) is 0. The fourth-order valence-electron chi connectivity index (χ4n) is 2.18. The molecule has 1 fully saturated rings. The van der Waals surface area contributed by atoms with Crippen LogP contribution < -0.4 is 0 Å². The van der Waals surface area contributed by atoms with Gasteiger partial charge in [0.25, 0.3) is 0 Å².